The van der Waals surface area contributed by atoms with Gasteiger partial charge < -0.3 is 10.3 Å². The number of aromatic nitrogens is 1. The molecule has 0 fully saturated rings. The third-order valence-electron chi connectivity index (χ3n) is 2.63. The van der Waals surface area contributed by atoms with Crippen LogP contribution in [0.2, 0.25) is 0 Å². The second-order valence-corrected chi connectivity index (χ2v) is 3.61. The molecule has 1 aromatic heterocycles. The monoisotopic (exact) mass is 214 g/mol. The molecule has 1 heterocycles. The molecule has 82 valence electrons. The molecule has 0 saturated heterocycles. The zero-order chi connectivity index (χ0) is 11.5. The van der Waals surface area contributed by atoms with Gasteiger partial charge in [0.25, 0.3) is 5.91 Å². The Morgan fingerprint density at radius 1 is 1.25 bits per heavy atom. The summed E-state index contributed by atoms with van der Waals surface area (Å²) in [5.74, 6) is -0.407. The van der Waals surface area contributed by atoms with E-state index in [1.807, 2.05) is 35.0 Å². The molecule has 0 aliphatic heterocycles. The van der Waals surface area contributed by atoms with E-state index in [0.717, 1.165) is 12.1 Å². The summed E-state index contributed by atoms with van der Waals surface area (Å²) in [6.07, 6.45) is 2.78. The van der Waals surface area contributed by atoms with Crippen LogP contribution in [0.3, 0.4) is 0 Å². The number of primary amides is 1. The Bertz CT molecular complexity index is 514. The Labute approximate surface area is 94.5 Å². The van der Waals surface area contributed by atoms with Gasteiger partial charge in [-0.3, -0.25) is 4.79 Å². The van der Waals surface area contributed by atoms with Crippen molar-refractivity contribution in [1.82, 2.24) is 4.57 Å². The van der Waals surface area contributed by atoms with Gasteiger partial charge in [0.15, 0.2) is 0 Å². The molecule has 0 aliphatic carbocycles. The molecule has 0 radical (unpaired) electrons. The average molecular weight is 214 g/mol. The van der Waals surface area contributed by atoms with Crippen molar-refractivity contribution in [3.8, 4) is 5.69 Å². The number of hydrogen-bond donors (Lipinski definition) is 1. The zero-order valence-corrected chi connectivity index (χ0v) is 9.18. The molecule has 0 bridgehead atoms. The third kappa shape index (κ3) is 1.72. The highest BCUT2D eigenvalue weighted by atomic mass is 16.1. The van der Waals surface area contributed by atoms with Crippen LogP contribution in [0.4, 0.5) is 0 Å². The van der Waals surface area contributed by atoms with E-state index in [4.69, 9.17) is 5.73 Å². The van der Waals surface area contributed by atoms with Crippen LogP contribution in [0.25, 0.3) is 5.69 Å². The highest BCUT2D eigenvalue weighted by Crippen LogP contribution is 2.17. The number of amides is 1. The summed E-state index contributed by atoms with van der Waals surface area (Å²) in [7, 11) is 0. The molecule has 3 heteroatoms. The number of nitrogens with two attached hydrogens (primary N) is 1. The second kappa shape index (κ2) is 4.23. The Morgan fingerprint density at radius 2 is 2.00 bits per heavy atom. The van der Waals surface area contributed by atoms with Gasteiger partial charge in [-0.15, -0.1) is 0 Å². The van der Waals surface area contributed by atoms with E-state index < -0.39 is 5.91 Å². The Kier molecular flexibility index (Phi) is 2.77. The summed E-state index contributed by atoms with van der Waals surface area (Å²) in [5, 5.41) is 0. The summed E-state index contributed by atoms with van der Waals surface area (Å²) in [6.45, 7) is 2.09. The first-order chi connectivity index (χ1) is 7.74. The number of hydrogen-bond acceptors (Lipinski definition) is 1. The second-order valence-electron chi connectivity index (χ2n) is 3.61. The maximum Gasteiger partial charge on any atom is 0.265 e. The maximum absolute atomic E-state index is 11.3. The van der Waals surface area contributed by atoms with Crippen LogP contribution in [-0.4, -0.2) is 10.5 Å². The van der Waals surface area contributed by atoms with Gasteiger partial charge in [0.2, 0.25) is 0 Å². The molecular weight excluding hydrogens is 200 g/mol. The van der Waals surface area contributed by atoms with Crippen LogP contribution in [0.15, 0.2) is 42.6 Å². The Hall–Kier alpha value is -2.03. The van der Waals surface area contributed by atoms with Crippen molar-refractivity contribution in [2.45, 2.75) is 13.3 Å². The summed E-state index contributed by atoms with van der Waals surface area (Å²) in [5.41, 5.74) is 8.06. The number of benzene rings is 1. The van der Waals surface area contributed by atoms with E-state index in [1.165, 1.54) is 5.56 Å². The number of carbonyl (C=O) groups excluding carboxylic acids is 1. The van der Waals surface area contributed by atoms with E-state index in [9.17, 15) is 4.79 Å². The lowest BCUT2D eigenvalue weighted by Gasteiger charge is -2.11. The molecule has 0 aliphatic rings. The first kappa shape index (κ1) is 10.5. The molecule has 1 aromatic carbocycles. The van der Waals surface area contributed by atoms with E-state index in [0.29, 0.717) is 5.69 Å². The Balaban J connectivity index is 2.58. The normalized spacial score (nSPS) is 10.3. The number of nitrogens with zero attached hydrogens (tertiary/aromatic N) is 1. The molecular formula is C13H14N2O. The van der Waals surface area contributed by atoms with Crippen molar-refractivity contribution in [2.24, 2.45) is 5.73 Å². The van der Waals surface area contributed by atoms with Crippen molar-refractivity contribution in [3.05, 3.63) is 53.9 Å². The topological polar surface area (TPSA) is 48.0 Å². The molecule has 3 nitrogen and oxygen atoms in total. The smallest absolute Gasteiger partial charge is 0.265 e. The summed E-state index contributed by atoms with van der Waals surface area (Å²) >= 11 is 0. The standard InChI is InChI=1S/C13H14N2O/c1-2-10-6-3-4-7-11(10)15-9-5-8-12(15)13(14)16/h3-9H,2H2,1H3,(H2,14,16). The van der Waals surface area contributed by atoms with Crippen LogP contribution in [-0.2, 0) is 6.42 Å². The number of para-hydroxylation sites is 1. The first-order valence-electron chi connectivity index (χ1n) is 5.29. The lowest BCUT2D eigenvalue weighted by atomic mass is 10.1. The minimum absolute atomic E-state index is 0.407. The van der Waals surface area contributed by atoms with Gasteiger partial charge in [0.05, 0.1) is 0 Å². The first-order valence-corrected chi connectivity index (χ1v) is 5.29. The molecule has 16 heavy (non-hydrogen) atoms. The maximum atomic E-state index is 11.3. The van der Waals surface area contributed by atoms with Crippen LogP contribution in [0.1, 0.15) is 23.0 Å². The fraction of sp³-hybridized carbons (Fsp3) is 0.154. The molecule has 2 N–H and O–H groups in total. The minimum atomic E-state index is -0.407. The quantitative estimate of drug-likeness (QED) is 0.836. The van der Waals surface area contributed by atoms with Crippen LogP contribution in [0, 0.1) is 0 Å². The molecule has 1 amide bonds. The predicted molar refractivity (Wildman–Crippen MR) is 63.7 cm³/mol. The molecule has 0 unspecified atom stereocenters. The largest absolute Gasteiger partial charge is 0.364 e. The van der Waals surface area contributed by atoms with Gasteiger partial charge in [-0.2, -0.15) is 0 Å². The van der Waals surface area contributed by atoms with Gasteiger partial charge in [0, 0.05) is 11.9 Å². The van der Waals surface area contributed by atoms with Crippen molar-refractivity contribution in [3.63, 3.8) is 0 Å². The molecule has 2 rings (SSSR count). The summed E-state index contributed by atoms with van der Waals surface area (Å²) in [6, 6.07) is 11.6. The SMILES string of the molecule is CCc1ccccc1-n1cccc1C(N)=O. The van der Waals surface area contributed by atoms with Crippen molar-refractivity contribution >= 4 is 5.91 Å². The van der Waals surface area contributed by atoms with Gasteiger partial charge in [-0.1, -0.05) is 25.1 Å². The van der Waals surface area contributed by atoms with Crippen molar-refractivity contribution in [2.75, 3.05) is 0 Å². The van der Waals surface area contributed by atoms with Crippen molar-refractivity contribution in [1.29, 1.82) is 0 Å². The molecule has 2 aromatic rings. The van der Waals surface area contributed by atoms with Gasteiger partial charge >= 0.3 is 0 Å². The van der Waals surface area contributed by atoms with Gasteiger partial charge in [-0.25, -0.2) is 0 Å². The number of carbonyl (C=O) groups is 1. The lowest BCUT2D eigenvalue weighted by molar-refractivity contribution is 0.0994. The molecule has 0 saturated carbocycles. The fourth-order valence-corrected chi connectivity index (χ4v) is 1.84. The highest BCUT2D eigenvalue weighted by Gasteiger charge is 2.10. The zero-order valence-electron chi connectivity index (χ0n) is 9.18. The van der Waals surface area contributed by atoms with E-state index >= 15 is 0 Å². The van der Waals surface area contributed by atoms with Crippen LogP contribution >= 0.6 is 0 Å². The lowest BCUT2D eigenvalue weighted by Crippen LogP contribution is -2.16. The average Bonchev–Trinajstić information content (AvgIpc) is 2.77. The highest BCUT2D eigenvalue weighted by molar-refractivity contribution is 5.92. The summed E-state index contributed by atoms with van der Waals surface area (Å²) in [4.78, 5) is 11.3. The molecule has 0 atom stereocenters. The third-order valence-corrected chi connectivity index (χ3v) is 2.63. The number of rotatable bonds is 3. The van der Waals surface area contributed by atoms with E-state index in [2.05, 4.69) is 13.0 Å². The van der Waals surface area contributed by atoms with Crippen molar-refractivity contribution < 1.29 is 4.79 Å². The van der Waals surface area contributed by atoms with Crippen LogP contribution < -0.4 is 5.73 Å². The van der Waals surface area contributed by atoms with E-state index in [-0.39, 0.29) is 0 Å². The fourth-order valence-electron chi connectivity index (χ4n) is 1.84. The van der Waals surface area contributed by atoms with Crippen LogP contribution in [0.5, 0.6) is 0 Å². The minimum Gasteiger partial charge on any atom is -0.364 e. The summed E-state index contributed by atoms with van der Waals surface area (Å²) < 4.78 is 1.83. The number of aryl methyl sites for hydroxylation is 1. The predicted octanol–water partition coefficient (Wildman–Crippen LogP) is 2.14. The Morgan fingerprint density at radius 3 is 2.69 bits per heavy atom. The van der Waals surface area contributed by atoms with Gasteiger partial charge in [-0.05, 0) is 30.2 Å². The molecule has 0 spiro atoms. The van der Waals surface area contributed by atoms with Gasteiger partial charge in [0.1, 0.15) is 5.69 Å². The van der Waals surface area contributed by atoms with E-state index in [1.54, 1.807) is 6.07 Å².